The first-order chi connectivity index (χ1) is 7.64. The zero-order valence-electron chi connectivity index (χ0n) is 10.7. The molecule has 0 aromatic carbocycles. The molecule has 0 spiro atoms. The van der Waals surface area contributed by atoms with E-state index in [0.717, 1.165) is 0 Å². The van der Waals surface area contributed by atoms with Crippen molar-refractivity contribution in [1.82, 2.24) is 4.90 Å². The van der Waals surface area contributed by atoms with Gasteiger partial charge in [0, 0.05) is 6.54 Å². The van der Waals surface area contributed by atoms with Crippen LogP contribution in [0, 0.1) is 0 Å². The first-order valence-electron chi connectivity index (χ1n) is 5.71. The van der Waals surface area contributed by atoms with Gasteiger partial charge in [0.15, 0.2) is 0 Å². The predicted octanol–water partition coefficient (Wildman–Crippen LogP) is 0.200. The third-order valence-electron chi connectivity index (χ3n) is 2.67. The molecule has 0 saturated carbocycles. The van der Waals surface area contributed by atoms with Crippen LogP contribution in [0.1, 0.15) is 33.6 Å². The van der Waals surface area contributed by atoms with Crippen molar-refractivity contribution in [3.63, 3.8) is 0 Å². The topological polar surface area (TPSA) is 98.7 Å². The highest BCUT2D eigenvalue weighted by Gasteiger charge is 2.39. The standard InChI is InChI=1S/C11H21N3O3/c1-10(2,3)17-9(16)14-6-4-5-11(13,7-14)8(12)15/h4-7,13H2,1-3H3,(H2,12,15). The van der Waals surface area contributed by atoms with Gasteiger partial charge in [0.2, 0.25) is 5.91 Å². The Balaban J connectivity index is 2.67. The van der Waals surface area contributed by atoms with Crippen LogP contribution < -0.4 is 11.5 Å². The second kappa shape index (κ2) is 4.52. The molecule has 4 N–H and O–H groups in total. The Bertz CT molecular complexity index is 324. The maximum atomic E-state index is 11.8. The van der Waals surface area contributed by atoms with Crippen molar-refractivity contribution >= 4 is 12.0 Å². The van der Waals surface area contributed by atoms with Gasteiger partial charge in [-0.3, -0.25) is 4.79 Å². The molecule has 1 aliphatic heterocycles. The van der Waals surface area contributed by atoms with Crippen molar-refractivity contribution in [2.75, 3.05) is 13.1 Å². The maximum absolute atomic E-state index is 11.8. The molecule has 0 bridgehead atoms. The van der Waals surface area contributed by atoms with Crippen molar-refractivity contribution < 1.29 is 14.3 Å². The Hall–Kier alpha value is -1.30. The number of piperidine rings is 1. The van der Waals surface area contributed by atoms with Gasteiger partial charge in [-0.15, -0.1) is 0 Å². The fraction of sp³-hybridized carbons (Fsp3) is 0.818. The molecule has 1 atom stereocenters. The molecule has 1 heterocycles. The van der Waals surface area contributed by atoms with Crippen molar-refractivity contribution in [3.05, 3.63) is 0 Å². The summed E-state index contributed by atoms with van der Waals surface area (Å²) >= 11 is 0. The van der Waals surface area contributed by atoms with E-state index < -0.39 is 23.1 Å². The Labute approximate surface area is 101 Å². The Morgan fingerprint density at radius 1 is 1.35 bits per heavy atom. The lowest BCUT2D eigenvalue weighted by Crippen LogP contribution is -2.62. The van der Waals surface area contributed by atoms with E-state index in [9.17, 15) is 9.59 Å². The number of nitrogens with zero attached hydrogens (tertiary/aromatic N) is 1. The summed E-state index contributed by atoms with van der Waals surface area (Å²) in [6.07, 6.45) is 0.702. The van der Waals surface area contributed by atoms with Gasteiger partial charge in [-0.05, 0) is 33.6 Å². The number of rotatable bonds is 1. The highest BCUT2D eigenvalue weighted by atomic mass is 16.6. The second-order valence-electron chi connectivity index (χ2n) is 5.53. The van der Waals surface area contributed by atoms with E-state index in [1.807, 2.05) is 0 Å². The van der Waals surface area contributed by atoms with Gasteiger partial charge in [0.05, 0.1) is 6.54 Å². The monoisotopic (exact) mass is 243 g/mol. The number of carbonyl (C=O) groups excluding carboxylic acids is 2. The molecular weight excluding hydrogens is 222 g/mol. The average Bonchev–Trinajstić information content (AvgIpc) is 2.15. The molecule has 1 rings (SSSR count). The molecule has 0 aliphatic carbocycles. The maximum Gasteiger partial charge on any atom is 0.410 e. The van der Waals surface area contributed by atoms with E-state index >= 15 is 0 Å². The number of nitrogens with two attached hydrogens (primary N) is 2. The third-order valence-corrected chi connectivity index (χ3v) is 2.67. The lowest BCUT2D eigenvalue weighted by Gasteiger charge is -2.38. The van der Waals surface area contributed by atoms with E-state index in [2.05, 4.69) is 0 Å². The second-order valence-corrected chi connectivity index (χ2v) is 5.53. The minimum atomic E-state index is -1.13. The van der Waals surface area contributed by atoms with E-state index in [0.29, 0.717) is 19.4 Å². The van der Waals surface area contributed by atoms with Gasteiger partial charge in [0.1, 0.15) is 11.1 Å². The van der Waals surface area contributed by atoms with Crippen LogP contribution in [0.15, 0.2) is 0 Å². The van der Waals surface area contributed by atoms with E-state index in [4.69, 9.17) is 16.2 Å². The summed E-state index contributed by atoms with van der Waals surface area (Å²) in [7, 11) is 0. The van der Waals surface area contributed by atoms with Crippen LogP contribution in [0.2, 0.25) is 0 Å². The zero-order valence-corrected chi connectivity index (χ0v) is 10.7. The molecule has 1 aliphatic rings. The van der Waals surface area contributed by atoms with Gasteiger partial charge in [0.25, 0.3) is 0 Å². The molecule has 1 unspecified atom stereocenters. The molecule has 0 aromatic heterocycles. The number of amides is 2. The SMILES string of the molecule is CC(C)(C)OC(=O)N1CCCC(N)(C(N)=O)C1. The van der Waals surface area contributed by atoms with Crippen LogP contribution in [0.3, 0.4) is 0 Å². The number of likely N-dealkylation sites (tertiary alicyclic amines) is 1. The molecule has 1 saturated heterocycles. The number of carbonyl (C=O) groups is 2. The normalized spacial score (nSPS) is 25.5. The summed E-state index contributed by atoms with van der Waals surface area (Å²) in [6.45, 7) is 6.04. The summed E-state index contributed by atoms with van der Waals surface area (Å²) in [6, 6.07) is 0. The lowest BCUT2D eigenvalue weighted by molar-refractivity contribution is -0.124. The van der Waals surface area contributed by atoms with Crippen LogP contribution in [0.5, 0.6) is 0 Å². The molecule has 17 heavy (non-hydrogen) atoms. The third kappa shape index (κ3) is 3.59. The zero-order chi connectivity index (χ0) is 13.3. The average molecular weight is 243 g/mol. The first kappa shape index (κ1) is 13.8. The number of ether oxygens (including phenoxy) is 1. The highest BCUT2D eigenvalue weighted by Crippen LogP contribution is 2.20. The smallest absolute Gasteiger partial charge is 0.410 e. The minimum absolute atomic E-state index is 0.122. The Morgan fingerprint density at radius 3 is 2.41 bits per heavy atom. The molecule has 1 fully saturated rings. The Morgan fingerprint density at radius 2 is 1.94 bits per heavy atom. The molecule has 2 amide bonds. The number of primary amides is 1. The molecular formula is C11H21N3O3. The van der Waals surface area contributed by atoms with E-state index in [1.54, 1.807) is 20.8 Å². The number of hydrogen-bond donors (Lipinski definition) is 2. The molecule has 0 radical (unpaired) electrons. The minimum Gasteiger partial charge on any atom is -0.444 e. The van der Waals surface area contributed by atoms with Crippen LogP contribution in [-0.2, 0) is 9.53 Å². The fourth-order valence-electron chi connectivity index (χ4n) is 1.77. The van der Waals surface area contributed by atoms with Gasteiger partial charge >= 0.3 is 6.09 Å². The van der Waals surface area contributed by atoms with Crippen molar-refractivity contribution in [2.45, 2.75) is 44.8 Å². The van der Waals surface area contributed by atoms with Gasteiger partial charge in [-0.25, -0.2) is 4.79 Å². The summed E-state index contributed by atoms with van der Waals surface area (Å²) < 4.78 is 5.23. The first-order valence-corrected chi connectivity index (χ1v) is 5.71. The van der Waals surface area contributed by atoms with E-state index in [1.165, 1.54) is 4.90 Å². The van der Waals surface area contributed by atoms with Gasteiger partial charge in [-0.2, -0.15) is 0 Å². The molecule has 6 heteroatoms. The van der Waals surface area contributed by atoms with Gasteiger partial charge < -0.3 is 21.1 Å². The predicted molar refractivity (Wildman–Crippen MR) is 63.2 cm³/mol. The van der Waals surface area contributed by atoms with Crippen molar-refractivity contribution in [1.29, 1.82) is 0 Å². The quantitative estimate of drug-likeness (QED) is 0.687. The van der Waals surface area contributed by atoms with Crippen molar-refractivity contribution in [2.24, 2.45) is 11.5 Å². The van der Waals surface area contributed by atoms with Crippen LogP contribution in [0.25, 0.3) is 0 Å². The van der Waals surface area contributed by atoms with Gasteiger partial charge in [-0.1, -0.05) is 0 Å². The van der Waals surface area contributed by atoms with Crippen LogP contribution in [0.4, 0.5) is 4.79 Å². The van der Waals surface area contributed by atoms with E-state index in [-0.39, 0.29) is 6.54 Å². The highest BCUT2D eigenvalue weighted by molar-refractivity contribution is 5.85. The lowest BCUT2D eigenvalue weighted by atomic mass is 9.90. The molecule has 98 valence electrons. The fourth-order valence-corrected chi connectivity index (χ4v) is 1.77. The molecule has 0 aromatic rings. The van der Waals surface area contributed by atoms with Crippen LogP contribution >= 0.6 is 0 Å². The summed E-state index contributed by atoms with van der Waals surface area (Å²) in [5.41, 5.74) is 9.43. The summed E-state index contributed by atoms with van der Waals surface area (Å²) in [4.78, 5) is 24.5. The summed E-state index contributed by atoms with van der Waals surface area (Å²) in [5, 5.41) is 0. The Kier molecular flexibility index (Phi) is 3.66. The van der Waals surface area contributed by atoms with Crippen LogP contribution in [-0.4, -0.2) is 41.1 Å². The summed E-state index contributed by atoms with van der Waals surface area (Å²) in [5.74, 6) is -0.578. The molecule has 6 nitrogen and oxygen atoms in total. The van der Waals surface area contributed by atoms with Crippen molar-refractivity contribution in [3.8, 4) is 0 Å². The number of hydrogen-bond acceptors (Lipinski definition) is 4. The largest absolute Gasteiger partial charge is 0.444 e.